The number of rotatable bonds is 5. The van der Waals surface area contributed by atoms with Gasteiger partial charge in [0.1, 0.15) is 10.6 Å². The number of primary amides is 1. The predicted octanol–water partition coefficient (Wildman–Crippen LogP) is 0.366. The van der Waals surface area contributed by atoms with Crippen molar-refractivity contribution in [1.29, 1.82) is 0 Å². The molecule has 0 fully saturated rings. The second kappa shape index (κ2) is 5.67. The Morgan fingerprint density at radius 1 is 1.42 bits per heavy atom. The lowest BCUT2D eigenvalue weighted by atomic mass is 10.3. The molecule has 0 aromatic carbocycles. The first-order valence-corrected chi connectivity index (χ1v) is 6.44. The van der Waals surface area contributed by atoms with E-state index in [9.17, 15) is 4.79 Å². The Hall–Kier alpha value is -2.13. The summed E-state index contributed by atoms with van der Waals surface area (Å²) in [5.41, 5.74) is 7.42. The Kier molecular flexibility index (Phi) is 3.97. The van der Waals surface area contributed by atoms with Crippen LogP contribution in [0.1, 0.15) is 4.88 Å². The first-order valence-electron chi connectivity index (χ1n) is 5.62. The number of hydrazine groups is 1. The number of hydrogen-bond acceptors (Lipinski definition) is 7. The van der Waals surface area contributed by atoms with Crippen LogP contribution in [0.25, 0.3) is 10.2 Å². The summed E-state index contributed by atoms with van der Waals surface area (Å²) in [6.07, 6.45) is 0. The van der Waals surface area contributed by atoms with E-state index in [1.54, 1.807) is 11.3 Å². The van der Waals surface area contributed by atoms with E-state index in [0.717, 1.165) is 15.1 Å². The molecule has 7 N–H and O–H groups in total. The van der Waals surface area contributed by atoms with E-state index in [-0.39, 0.29) is 0 Å². The van der Waals surface area contributed by atoms with Gasteiger partial charge in [0.2, 0.25) is 5.95 Å². The summed E-state index contributed by atoms with van der Waals surface area (Å²) in [5, 5.41) is 6.54. The average molecular weight is 281 g/mol. The quantitative estimate of drug-likeness (QED) is 0.305. The molecule has 8 nitrogen and oxygen atoms in total. The maximum absolute atomic E-state index is 10.6. The van der Waals surface area contributed by atoms with Crippen LogP contribution in [0.15, 0.2) is 6.07 Å². The smallest absolute Gasteiger partial charge is 0.312 e. The molecule has 0 unspecified atom stereocenters. The van der Waals surface area contributed by atoms with Crippen molar-refractivity contribution in [3.8, 4) is 0 Å². The number of hydrogen-bond donors (Lipinski definition) is 5. The minimum atomic E-state index is -0.551. The normalized spacial score (nSPS) is 10.4. The lowest BCUT2D eigenvalue weighted by Crippen LogP contribution is -2.33. The minimum Gasteiger partial charge on any atom is -0.368 e. The number of nitrogens with one attached hydrogen (secondary N) is 3. The predicted molar refractivity (Wildman–Crippen MR) is 76.0 cm³/mol. The summed E-state index contributed by atoms with van der Waals surface area (Å²) in [6, 6.07) is 1.45. The lowest BCUT2D eigenvalue weighted by Gasteiger charge is -2.08. The van der Waals surface area contributed by atoms with Crippen molar-refractivity contribution in [3.63, 3.8) is 0 Å². The zero-order chi connectivity index (χ0) is 13.8. The molecule has 2 heterocycles. The molecule has 9 heteroatoms. The molecule has 0 saturated carbocycles. The maximum atomic E-state index is 10.6. The van der Waals surface area contributed by atoms with Crippen molar-refractivity contribution < 1.29 is 4.79 Å². The molecule has 0 aliphatic heterocycles. The maximum Gasteiger partial charge on any atom is 0.312 e. The van der Waals surface area contributed by atoms with E-state index in [1.807, 2.05) is 13.0 Å². The molecule has 0 spiro atoms. The summed E-state index contributed by atoms with van der Waals surface area (Å²) in [4.78, 5) is 21.1. The van der Waals surface area contributed by atoms with Gasteiger partial charge in [-0.2, -0.15) is 4.98 Å². The molecule has 0 aliphatic carbocycles. The number of anilines is 2. The standard InChI is InChI=1S/C10H15N7OS/c1-5-4-6-7(13-2-3-14-9(11)18)15-10(17-12)16-8(6)19-5/h4H,2-3,12H2,1H3,(H3,11,14,18)(H2,13,15,16,17). The highest BCUT2D eigenvalue weighted by molar-refractivity contribution is 7.18. The SMILES string of the molecule is Cc1cc2c(NCCNC(N)=O)nc(NN)nc2s1. The third-order valence-corrected chi connectivity index (χ3v) is 3.31. The topological polar surface area (TPSA) is 131 Å². The van der Waals surface area contributed by atoms with E-state index in [1.165, 1.54) is 0 Å². The van der Waals surface area contributed by atoms with E-state index in [0.29, 0.717) is 24.9 Å². The molecule has 2 aromatic rings. The van der Waals surface area contributed by atoms with Crippen molar-refractivity contribution in [1.82, 2.24) is 15.3 Å². The van der Waals surface area contributed by atoms with Gasteiger partial charge in [-0.3, -0.25) is 5.43 Å². The van der Waals surface area contributed by atoms with Crippen LogP contribution in [0.5, 0.6) is 0 Å². The highest BCUT2D eigenvalue weighted by atomic mass is 32.1. The van der Waals surface area contributed by atoms with Crippen molar-refractivity contribution in [3.05, 3.63) is 10.9 Å². The number of urea groups is 1. The van der Waals surface area contributed by atoms with Crippen LogP contribution in [0.3, 0.4) is 0 Å². The van der Waals surface area contributed by atoms with Gasteiger partial charge in [-0.1, -0.05) is 0 Å². The first kappa shape index (κ1) is 13.3. The number of thiophene rings is 1. The van der Waals surface area contributed by atoms with Gasteiger partial charge in [0, 0.05) is 18.0 Å². The van der Waals surface area contributed by atoms with E-state index < -0.39 is 6.03 Å². The minimum absolute atomic E-state index is 0.347. The van der Waals surface area contributed by atoms with Gasteiger partial charge in [-0.05, 0) is 13.0 Å². The summed E-state index contributed by atoms with van der Waals surface area (Å²) < 4.78 is 0. The van der Waals surface area contributed by atoms with Gasteiger partial charge in [0.25, 0.3) is 0 Å². The van der Waals surface area contributed by atoms with Gasteiger partial charge in [0.15, 0.2) is 0 Å². The lowest BCUT2D eigenvalue weighted by molar-refractivity contribution is 0.249. The monoisotopic (exact) mass is 281 g/mol. The fourth-order valence-electron chi connectivity index (χ4n) is 1.61. The van der Waals surface area contributed by atoms with Crippen LogP contribution in [0, 0.1) is 6.92 Å². The molecule has 2 rings (SSSR count). The number of carbonyl (C=O) groups is 1. The van der Waals surface area contributed by atoms with Crippen LogP contribution in [0.2, 0.25) is 0 Å². The second-order valence-corrected chi connectivity index (χ2v) is 5.07. The van der Waals surface area contributed by atoms with Gasteiger partial charge in [0.05, 0.1) is 5.39 Å². The number of nitrogens with zero attached hydrogens (tertiary/aromatic N) is 2. The molecule has 0 atom stereocenters. The molecule has 2 amide bonds. The number of aromatic nitrogens is 2. The molecule has 0 saturated heterocycles. The van der Waals surface area contributed by atoms with E-state index in [2.05, 4.69) is 26.0 Å². The van der Waals surface area contributed by atoms with E-state index in [4.69, 9.17) is 11.6 Å². The largest absolute Gasteiger partial charge is 0.368 e. The Morgan fingerprint density at radius 2 is 2.21 bits per heavy atom. The molecule has 19 heavy (non-hydrogen) atoms. The zero-order valence-corrected chi connectivity index (χ0v) is 11.2. The van der Waals surface area contributed by atoms with Crippen molar-refractivity contribution in [2.45, 2.75) is 6.92 Å². The van der Waals surface area contributed by atoms with Crippen molar-refractivity contribution in [2.24, 2.45) is 11.6 Å². The number of nitrogen functional groups attached to an aromatic ring is 1. The molecular formula is C10H15N7OS. The van der Waals surface area contributed by atoms with Crippen LogP contribution >= 0.6 is 11.3 Å². The number of fused-ring (bicyclic) bond motifs is 1. The van der Waals surface area contributed by atoms with Crippen molar-refractivity contribution >= 4 is 39.4 Å². The van der Waals surface area contributed by atoms with Crippen LogP contribution < -0.4 is 27.6 Å². The Balaban J connectivity index is 2.17. The zero-order valence-electron chi connectivity index (χ0n) is 10.4. The Morgan fingerprint density at radius 3 is 2.89 bits per heavy atom. The van der Waals surface area contributed by atoms with Crippen molar-refractivity contribution in [2.75, 3.05) is 23.8 Å². The third-order valence-electron chi connectivity index (χ3n) is 2.36. The molecule has 102 valence electrons. The third kappa shape index (κ3) is 3.20. The summed E-state index contributed by atoms with van der Waals surface area (Å²) >= 11 is 1.56. The molecule has 0 bridgehead atoms. The van der Waals surface area contributed by atoms with Gasteiger partial charge in [-0.15, -0.1) is 11.3 Å². The van der Waals surface area contributed by atoms with Crippen LogP contribution in [0.4, 0.5) is 16.6 Å². The molecule has 0 radical (unpaired) electrons. The summed E-state index contributed by atoms with van der Waals surface area (Å²) in [5.74, 6) is 6.36. The number of aryl methyl sites for hydroxylation is 1. The Bertz CT molecular complexity index is 597. The van der Waals surface area contributed by atoms with Crippen LogP contribution in [-0.2, 0) is 0 Å². The fourth-order valence-corrected chi connectivity index (χ4v) is 2.49. The molecule has 2 aromatic heterocycles. The number of nitrogens with two attached hydrogens (primary N) is 2. The second-order valence-electron chi connectivity index (χ2n) is 3.83. The molecule has 0 aliphatic rings. The van der Waals surface area contributed by atoms with Gasteiger partial charge < -0.3 is 16.4 Å². The molecular weight excluding hydrogens is 266 g/mol. The highest BCUT2D eigenvalue weighted by Crippen LogP contribution is 2.29. The first-order chi connectivity index (χ1) is 9.10. The fraction of sp³-hybridized carbons (Fsp3) is 0.300. The average Bonchev–Trinajstić information content (AvgIpc) is 2.74. The van der Waals surface area contributed by atoms with Gasteiger partial charge in [-0.25, -0.2) is 15.6 Å². The van der Waals surface area contributed by atoms with E-state index >= 15 is 0 Å². The van der Waals surface area contributed by atoms with Crippen LogP contribution in [-0.4, -0.2) is 29.1 Å². The van der Waals surface area contributed by atoms with Gasteiger partial charge >= 0.3 is 6.03 Å². The summed E-state index contributed by atoms with van der Waals surface area (Å²) in [6.45, 7) is 2.92. The number of amides is 2. The summed E-state index contributed by atoms with van der Waals surface area (Å²) in [7, 11) is 0. The highest BCUT2D eigenvalue weighted by Gasteiger charge is 2.09. The number of carbonyl (C=O) groups excluding carboxylic acids is 1. The Labute approximate surface area is 113 Å².